The molecule has 5 nitrogen and oxygen atoms in total. The molecular formula is C8H5FN2O3S. The Bertz CT molecular complexity index is 600. The minimum absolute atomic E-state index is 0.122. The van der Waals surface area contributed by atoms with Gasteiger partial charge in [0.2, 0.25) is 0 Å². The van der Waals surface area contributed by atoms with Crippen LogP contribution in [0.15, 0.2) is 30.7 Å². The highest BCUT2D eigenvalue weighted by Crippen LogP contribution is 2.19. The van der Waals surface area contributed by atoms with E-state index in [0.717, 1.165) is 0 Å². The average molecular weight is 228 g/mol. The number of nitrogens with zero attached hydrogens (tertiary/aromatic N) is 2. The number of aromatic nitrogens is 2. The molecule has 0 saturated heterocycles. The predicted octanol–water partition coefficient (Wildman–Crippen LogP) is 1.22. The molecule has 0 spiro atoms. The average Bonchev–Trinajstić information content (AvgIpc) is 2.15. The minimum atomic E-state index is -4.99. The maximum Gasteiger partial charge on any atom is 0.488 e. The molecule has 2 rings (SSSR count). The third-order valence-corrected chi connectivity index (χ3v) is 2.07. The Kier molecular flexibility index (Phi) is 2.24. The summed E-state index contributed by atoms with van der Waals surface area (Å²) in [5.74, 6) is -0.122. The van der Waals surface area contributed by atoms with Crippen molar-refractivity contribution in [1.82, 2.24) is 9.97 Å². The fourth-order valence-corrected chi connectivity index (χ4v) is 1.45. The Balaban J connectivity index is 2.48. The largest absolute Gasteiger partial charge is 0.488 e. The highest BCUT2D eigenvalue weighted by molar-refractivity contribution is 7.81. The summed E-state index contributed by atoms with van der Waals surface area (Å²) in [5.41, 5.74) is 0.478. The Labute approximate surface area is 85.0 Å². The summed E-state index contributed by atoms with van der Waals surface area (Å²) in [4.78, 5) is 7.64. The fourth-order valence-electron chi connectivity index (χ4n) is 1.12. The first-order valence-electron chi connectivity index (χ1n) is 3.88. The standard InChI is InChI=1S/C8H5FN2O3S/c9-15(12,13)14-7-2-1-6-4-10-5-11-8(6)3-7/h1-5H. The molecule has 7 heteroatoms. The van der Waals surface area contributed by atoms with E-state index >= 15 is 0 Å². The van der Waals surface area contributed by atoms with E-state index in [1.54, 1.807) is 6.20 Å². The number of hydrogen-bond donors (Lipinski definition) is 0. The summed E-state index contributed by atoms with van der Waals surface area (Å²) >= 11 is 0. The lowest BCUT2D eigenvalue weighted by molar-refractivity contribution is 0.440. The van der Waals surface area contributed by atoms with Crippen molar-refractivity contribution < 1.29 is 16.5 Å². The van der Waals surface area contributed by atoms with E-state index in [-0.39, 0.29) is 5.75 Å². The molecule has 1 aromatic carbocycles. The van der Waals surface area contributed by atoms with E-state index in [1.807, 2.05) is 0 Å². The highest BCUT2D eigenvalue weighted by atomic mass is 32.3. The molecule has 0 aliphatic carbocycles. The van der Waals surface area contributed by atoms with E-state index in [9.17, 15) is 12.3 Å². The van der Waals surface area contributed by atoms with Gasteiger partial charge in [0.1, 0.15) is 12.1 Å². The zero-order valence-electron chi connectivity index (χ0n) is 7.29. The Morgan fingerprint density at radius 3 is 2.87 bits per heavy atom. The molecule has 0 bridgehead atoms. The lowest BCUT2D eigenvalue weighted by Gasteiger charge is -2.00. The highest BCUT2D eigenvalue weighted by Gasteiger charge is 2.09. The molecule has 0 saturated carbocycles. The van der Waals surface area contributed by atoms with E-state index in [0.29, 0.717) is 10.9 Å². The predicted molar refractivity (Wildman–Crippen MR) is 50.2 cm³/mol. The van der Waals surface area contributed by atoms with E-state index in [4.69, 9.17) is 0 Å². The van der Waals surface area contributed by atoms with Gasteiger partial charge < -0.3 is 4.18 Å². The maximum atomic E-state index is 12.2. The third-order valence-electron chi connectivity index (χ3n) is 1.67. The van der Waals surface area contributed by atoms with Gasteiger partial charge in [0.15, 0.2) is 0 Å². The molecule has 0 aliphatic rings. The quantitative estimate of drug-likeness (QED) is 0.723. The molecule has 0 N–H and O–H groups in total. The van der Waals surface area contributed by atoms with Crippen molar-refractivity contribution in [2.45, 2.75) is 0 Å². The van der Waals surface area contributed by atoms with Gasteiger partial charge in [0, 0.05) is 17.6 Å². The molecular weight excluding hydrogens is 223 g/mol. The Morgan fingerprint density at radius 2 is 2.13 bits per heavy atom. The normalized spacial score (nSPS) is 11.5. The van der Waals surface area contributed by atoms with E-state index in [2.05, 4.69) is 14.2 Å². The molecule has 78 valence electrons. The fraction of sp³-hybridized carbons (Fsp3) is 0. The second-order valence-electron chi connectivity index (χ2n) is 2.72. The van der Waals surface area contributed by atoms with Gasteiger partial charge in [-0.25, -0.2) is 9.97 Å². The summed E-state index contributed by atoms with van der Waals surface area (Å²) in [6.45, 7) is 0. The van der Waals surface area contributed by atoms with Gasteiger partial charge in [-0.1, -0.05) is 3.89 Å². The molecule has 15 heavy (non-hydrogen) atoms. The monoisotopic (exact) mass is 228 g/mol. The molecule has 0 fully saturated rings. The van der Waals surface area contributed by atoms with Crippen molar-refractivity contribution in [2.24, 2.45) is 0 Å². The van der Waals surface area contributed by atoms with Gasteiger partial charge in [-0.05, 0) is 12.1 Å². The van der Waals surface area contributed by atoms with Crippen LogP contribution in [-0.2, 0) is 10.5 Å². The van der Waals surface area contributed by atoms with E-state index in [1.165, 1.54) is 24.5 Å². The smallest absolute Gasteiger partial charge is 0.358 e. The molecule has 1 heterocycles. The van der Waals surface area contributed by atoms with Crippen LogP contribution in [-0.4, -0.2) is 18.4 Å². The summed E-state index contributed by atoms with van der Waals surface area (Å²) in [5, 5.41) is 0.709. The van der Waals surface area contributed by atoms with Gasteiger partial charge in [0.25, 0.3) is 0 Å². The number of fused-ring (bicyclic) bond motifs is 1. The molecule has 0 unspecified atom stereocenters. The topological polar surface area (TPSA) is 69.2 Å². The lowest BCUT2D eigenvalue weighted by Crippen LogP contribution is -2.01. The first-order valence-corrected chi connectivity index (χ1v) is 5.19. The van der Waals surface area contributed by atoms with Crippen LogP contribution in [0.4, 0.5) is 3.89 Å². The second-order valence-corrected chi connectivity index (χ2v) is 3.67. The molecule has 0 atom stereocenters. The SMILES string of the molecule is O=S(=O)(F)Oc1ccc2cncnc2c1. The Hall–Kier alpha value is -1.76. The van der Waals surface area contributed by atoms with Gasteiger partial charge in [0.05, 0.1) is 5.52 Å². The van der Waals surface area contributed by atoms with Gasteiger partial charge in [-0.3, -0.25) is 0 Å². The number of halogens is 1. The first-order chi connectivity index (χ1) is 7.04. The lowest BCUT2D eigenvalue weighted by atomic mass is 10.2. The zero-order valence-corrected chi connectivity index (χ0v) is 8.11. The number of hydrogen-bond acceptors (Lipinski definition) is 5. The molecule has 0 aliphatic heterocycles. The van der Waals surface area contributed by atoms with Crippen LogP contribution >= 0.6 is 0 Å². The van der Waals surface area contributed by atoms with Crippen molar-refractivity contribution in [3.8, 4) is 5.75 Å². The van der Waals surface area contributed by atoms with Crippen LogP contribution in [0.2, 0.25) is 0 Å². The number of rotatable bonds is 2. The Morgan fingerprint density at radius 1 is 1.33 bits per heavy atom. The van der Waals surface area contributed by atoms with Crippen molar-refractivity contribution in [3.63, 3.8) is 0 Å². The van der Waals surface area contributed by atoms with Crippen LogP contribution in [0.25, 0.3) is 10.9 Å². The molecule has 0 radical (unpaired) electrons. The van der Waals surface area contributed by atoms with Crippen LogP contribution in [0.3, 0.4) is 0 Å². The van der Waals surface area contributed by atoms with Gasteiger partial charge >= 0.3 is 10.5 Å². The first kappa shape index (κ1) is 9.78. The molecule has 1 aromatic heterocycles. The maximum absolute atomic E-state index is 12.2. The van der Waals surface area contributed by atoms with E-state index < -0.39 is 10.5 Å². The van der Waals surface area contributed by atoms with Crippen LogP contribution in [0, 0.1) is 0 Å². The third kappa shape index (κ3) is 2.38. The minimum Gasteiger partial charge on any atom is -0.358 e. The summed E-state index contributed by atoms with van der Waals surface area (Å²) in [7, 11) is -4.99. The van der Waals surface area contributed by atoms with Gasteiger partial charge in [-0.15, -0.1) is 0 Å². The van der Waals surface area contributed by atoms with Crippen molar-refractivity contribution in [3.05, 3.63) is 30.7 Å². The summed E-state index contributed by atoms with van der Waals surface area (Å²) in [6.07, 6.45) is 2.85. The molecule has 0 amide bonds. The second kappa shape index (κ2) is 3.43. The van der Waals surface area contributed by atoms with Crippen LogP contribution in [0.5, 0.6) is 5.75 Å². The van der Waals surface area contributed by atoms with Crippen LogP contribution in [0.1, 0.15) is 0 Å². The molecule has 2 aromatic rings. The zero-order chi connectivity index (χ0) is 10.9. The van der Waals surface area contributed by atoms with Crippen molar-refractivity contribution >= 4 is 21.4 Å². The van der Waals surface area contributed by atoms with Crippen molar-refractivity contribution in [1.29, 1.82) is 0 Å². The van der Waals surface area contributed by atoms with Gasteiger partial charge in [-0.2, -0.15) is 8.42 Å². The summed E-state index contributed by atoms with van der Waals surface area (Å²) in [6, 6.07) is 4.17. The van der Waals surface area contributed by atoms with Crippen molar-refractivity contribution in [2.75, 3.05) is 0 Å². The summed E-state index contributed by atoms with van der Waals surface area (Å²) < 4.78 is 36.7. The number of benzene rings is 1. The van der Waals surface area contributed by atoms with Crippen LogP contribution < -0.4 is 4.18 Å².